The Morgan fingerprint density at radius 2 is 1.86 bits per heavy atom. The predicted octanol–water partition coefficient (Wildman–Crippen LogP) is 3.22. The Kier molecular flexibility index (Phi) is 6.15. The van der Waals surface area contributed by atoms with E-state index < -0.39 is 17.5 Å². The third-order valence-electron chi connectivity index (χ3n) is 3.32. The van der Waals surface area contributed by atoms with Crippen LogP contribution in [0.25, 0.3) is 6.08 Å². The minimum absolute atomic E-state index is 0.302. The minimum Gasteiger partial charge on any atom is -0.465 e. The van der Waals surface area contributed by atoms with Crippen molar-refractivity contribution in [2.75, 3.05) is 6.61 Å². The fourth-order valence-corrected chi connectivity index (χ4v) is 1.57. The van der Waals surface area contributed by atoms with Crippen molar-refractivity contribution in [3.8, 4) is 0 Å². The molecule has 1 aromatic carbocycles. The van der Waals surface area contributed by atoms with E-state index in [9.17, 15) is 9.59 Å². The molecular weight excluding hydrogens is 268 g/mol. The lowest BCUT2D eigenvalue weighted by molar-refractivity contribution is -0.166. The highest BCUT2D eigenvalue weighted by Crippen LogP contribution is 2.25. The lowest BCUT2D eigenvalue weighted by Gasteiger charge is -2.28. The molecule has 21 heavy (non-hydrogen) atoms. The van der Waals surface area contributed by atoms with Gasteiger partial charge in [0.15, 0.2) is 0 Å². The molecule has 114 valence electrons. The molecule has 0 amide bonds. The van der Waals surface area contributed by atoms with E-state index in [1.165, 1.54) is 6.08 Å². The molecule has 1 unspecified atom stereocenters. The van der Waals surface area contributed by atoms with Crippen LogP contribution in [0.1, 0.15) is 33.3 Å². The van der Waals surface area contributed by atoms with E-state index in [-0.39, 0.29) is 5.97 Å². The van der Waals surface area contributed by atoms with Crippen LogP contribution < -0.4 is 0 Å². The molecular formula is C17H22O4. The molecule has 0 aliphatic rings. The van der Waals surface area contributed by atoms with Crippen LogP contribution in [0.5, 0.6) is 0 Å². The molecule has 0 spiro atoms. The third kappa shape index (κ3) is 5.06. The van der Waals surface area contributed by atoms with Gasteiger partial charge in [-0.25, -0.2) is 4.79 Å². The average molecular weight is 290 g/mol. The van der Waals surface area contributed by atoms with E-state index in [0.717, 1.165) is 5.56 Å². The number of carbonyl (C=O) groups excluding carboxylic acids is 2. The molecule has 0 aliphatic heterocycles. The van der Waals surface area contributed by atoms with Crippen LogP contribution >= 0.6 is 0 Å². The largest absolute Gasteiger partial charge is 0.465 e. The van der Waals surface area contributed by atoms with Crippen molar-refractivity contribution in [2.45, 2.75) is 33.8 Å². The van der Waals surface area contributed by atoms with Gasteiger partial charge in [0.2, 0.25) is 0 Å². The zero-order chi connectivity index (χ0) is 15.9. The summed E-state index contributed by atoms with van der Waals surface area (Å²) < 4.78 is 10.3. The Labute approximate surface area is 125 Å². The van der Waals surface area contributed by atoms with Gasteiger partial charge in [-0.3, -0.25) is 4.79 Å². The fraction of sp³-hybridized carbons (Fsp3) is 0.412. The molecule has 0 aliphatic carbocycles. The van der Waals surface area contributed by atoms with Gasteiger partial charge in [0.1, 0.15) is 6.10 Å². The summed E-state index contributed by atoms with van der Waals surface area (Å²) in [5, 5.41) is 0. The molecule has 1 atom stereocenters. The predicted molar refractivity (Wildman–Crippen MR) is 81.4 cm³/mol. The quantitative estimate of drug-likeness (QED) is 0.596. The number of esters is 2. The van der Waals surface area contributed by atoms with Crippen molar-refractivity contribution in [2.24, 2.45) is 5.41 Å². The van der Waals surface area contributed by atoms with Gasteiger partial charge in [0.25, 0.3) is 0 Å². The van der Waals surface area contributed by atoms with Gasteiger partial charge in [-0.1, -0.05) is 30.3 Å². The topological polar surface area (TPSA) is 52.6 Å². The number of rotatable bonds is 6. The van der Waals surface area contributed by atoms with Gasteiger partial charge < -0.3 is 9.47 Å². The van der Waals surface area contributed by atoms with Crippen molar-refractivity contribution in [1.82, 2.24) is 0 Å². The first-order valence-electron chi connectivity index (χ1n) is 6.99. The fourth-order valence-electron chi connectivity index (χ4n) is 1.57. The summed E-state index contributed by atoms with van der Waals surface area (Å²) in [6.07, 6.45) is 2.45. The molecule has 0 radical (unpaired) electrons. The smallest absolute Gasteiger partial charge is 0.331 e. The molecule has 0 bridgehead atoms. The molecule has 0 saturated heterocycles. The second-order valence-corrected chi connectivity index (χ2v) is 5.27. The summed E-state index contributed by atoms with van der Waals surface area (Å²) in [5.41, 5.74) is 0.0264. The normalized spacial score (nSPS) is 13.0. The van der Waals surface area contributed by atoms with Crippen LogP contribution in [0.4, 0.5) is 0 Å². The van der Waals surface area contributed by atoms with Crippen LogP contribution in [0.3, 0.4) is 0 Å². The number of carbonyl (C=O) groups is 2. The maximum absolute atomic E-state index is 11.8. The summed E-state index contributed by atoms with van der Waals surface area (Å²) in [7, 11) is 0. The molecule has 0 N–H and O–H groups in total. The summed E-state index contributed by atoms with van der Waals surface area (Å²) in [5.74, 6) is -0.860. The maximum atomic E-state index is 11.8. The molecule has 1 rings (SSSR count). The zero-order valence-corrected chi connectivity index (χ0v) is 13.0. The standard InChI is InChI=1S/C17H22O4/c1-5-20-16(19)17(3,4)13(2)21-15(18)12-11-14-9-7-6-8-10-14/h6-13H,5H2,1-4H3. The van der Waals surface area contributed by atoms with Gasteiger partial charge in [0, 0.05) is 6.08 Å². The van der Waals surface area contributed by atoms with Crippen LogP contribution in [0, 0.1) is 5.41 Å². The van der Waals surface area contributed by atoms with Crippen molar-refractivity contribution in [1.29, 1.82) is 0 Å². The Morgan fingerprint density at radius 1 is 1.24 bits per heavy atom. The van der Waals surface area contributed by atoms with Gasteiger partial charge in [-0.15, -0.1) is 0 Å². The van der Waals surface area contributed by atoms with Crippen LogP contribution in [0.15, 0.2) is 36.4 Å². The van der Waals surface area contributed by atoms with Gasteiger partial charge in [-0.2, -0.15) is 0 Å². The SMILES string of the molecule is CCOC(=O)C(C)(C)C(C)OC(=O)C=Cc1ccccc1. The van der Waals surface area contributed by atoms with Crippen molar-refractivity contribution in [3.63, 3.8) is 0 Å². The molecule has 0 fully saturated rings. The first-order valence-corrected chi connectivity index (χ1v) is 6.99. The Morgan fingerprint density at radius 3 is 2.43 bits per heavy atom. The van der Waals surface area contributed by atoms with E-state index in [2.05, 4.69) is 0 Å². The molecule has 4 nitrogen and oxygen atoms in total. The lowest BCUT2D eigenvalue weighted by Crippen LogP contribution is -2.39. The Balaban J connectivity index is 2.61. The Bertz CT molecular complexity index is 503. The maximum Gasteiger partial charge on any atom is 0.331 e. The van der Waals surface area contributed by atoms with Gasteiger partial charge in [0.05, 0.1) is 12.0 Å². The highest BCUT2D eigenvalue weighted by atomic mass is 16.6. The first-order chi connectivity index (χ1) is 9.87. The van der Waals surface area contributed by atoms with E-state index in [1.54, 1.807) is 33.8 Å². The van der Waals surface area contributed by atoms with Crippen LogP contribution in [0.2, 0.25) is 0 Å². The minimum atomic E-state index is -0.883. The lowest BCUT2D eigenvalue weighted by atomic mass is 9.87. The molecule has 1 aromatic rings. The van der Waals surface area contributed by atoms with Crippen LogP contribution in [-0.2, 0) is 19.1 Å². The van der Waals surface area contributed by atoms with Gasteiger partial charge in [-0.05, 0) is 39.3 Å². The number of hydrogen-bond acceptors (Lipinski definition) is 4. The van der Waals surface area contributed by atoms with E-state index in [1.807, 2.05) is 30.3 Å². The summed E-state index contributed by atoms with van der Waals surface area (Å²) >= 11 is 0. The number of ether oxygens (including phenoxy) is 2. The number of hydrogen-bond donors (Lipinski definition) is 0. The molecule has 0 saturated carbocycles. The van der Waals surface area contributed by atoms with Crippen molar-refractivity contribution >= 4 is 18.0 Å². The van der Waals surface area contributed by atoms with Crippen molar-refractivity contribution in [3.05, 3.63) is 42.0 Å². The second-order valence-electron chi connectivity index (χ2n) is 5.27. The second kappa shape index (κ2) is 7.62. The summed E-state index contributed by atoms with van der Waals surface area (Å²) in [6.45, 7) is 7.13. The van der Waals surface area contributed by atoms with Crippen molar-refractivity contribution < 1.29 is 19.1 Å². The Hall–Kier alpha value is -2.10. The first kappa shape index (κ1) is 17.0. The summed E-state index contributed by atoms with van der Waals surface area (Å²) in [6, 6.07) is 9.44. The zero-order valence-electron chi connectivity index (χ0n) is 13.0. The highest BCUT2D eigenvalue weighted by molar-refractivity contribution is 5.87. The van der Waals surface area contributed by atoms with Gasteiger partial charge >= 0.3 is 11.9 Å². The monoisotopic (exact) mass is 290 g/mol. The molecule has 4 heteroatoms. The molecule has 0 aromatic heterocycles. The highest BCUT2D eigenvalue weighted by Gasteiger charge is 2.37. The number of benzene rings is 1. The van der Waals surface area contributed by atoms with E-state index >= 15 is 0 Å². The van der Waals surface area contributed by atoms with Crippen LogP contribution in [-0.4, -0.2) is 24.6 Å². The van der Waals surface area contributed by atoms with E-state index in [4.69, 9.17) is 9.47 Å². The third-order valence-corrected chi connectivity index (χ3v) is 3.32. The molecule has 0 heterocycles. The summed E-state index contributed by atoms with van der Waals surface area (Å²) in [4.78, 5) is 23.6. The van der Waals surface area contributed by atoms with E-state index in [0.29, 0.717) is 6.61 Å². The average Bonchev–Trinajstić information content (AvgIpc) is 2.46.